The predicted octanol–water partition coefficient (Wildman–Crippen LogP) is 2.03. The molecule has 0 saturated carbocycles. The molecule has 9 aliphatic rings. The van der Waals surface area contributed by atoms with E-state index in [-0.39, 0.29) is 135 Å². The zero-order chi connectivity index (χ0) is 68.7. The van der Waals surface area contributed by atoms with E-state index in [9.17, 15) is 38.4 Å². The van der Waals surface area contributed by atoms with E-state index in [1.807, 2.05) is 35.0 Å². The van der Waals surface area contributed by atoms with Gasteiger partial charge >= 0.3 is 0 Å². The summed E-state index contributed by atoms with van der Waals surface area (Å²) in [5.74, 6) is 24.5. The number of nitrogens with two attached hydrogens (primary N) is 1. The Balaban J connectivity index is -0.000000107. The minimum Gasteiger partial charge on any atom is -0.542 e. The van der Waals surface area contributed by atoms with Crippen LogP contribution in [0.25, 0.3) is 0 Å². The standard InChI is InChI=1S/C10H16N3O2.C9H18N3OP.C9H17N3O.C6H2.C5H7NO2.C5H4.C4H11N2P.C4H6.C3H5NO.C3H6O.C3H4.C2H3O.C2H2.3CH4.ClH.2Y/c1-8(15)13-5-10(6-13)11-9-2-3-12(4-9)7-14;1-7(13)11-4-9(5-11)10-8-2-3-12(14)6-8;1-7(13)12-5-9(6-12)11-8-2-3-10-4-8;1-3-5-6-4-2;1-4(7)6-2-5(8)3-6;1-3-5-4-2;5-4-1-2-6(7)3-4;1-3-4-2;5-3-1-4-2-3;1-3(2)4;1-3-2;1-2-3;1-2;;;;;;/h9-11H,2-6H2,1H3;8-10H,2-6,14H2,1H3;8-11H,2-6H2,1H3;1-2H;2-3H2,1H3;1H,2H3;4H,1-3,5,7H2;1-2H3;4H,1-2H2;1-2H3;1H,2H3;1H3;1-2H;3*1H4;1H;;/q-1;;;;;;;;;;;-1;;;;;;;. The molecule has 0 bridgehead atoms. The number of terminal acetylenes is 5. The van der Waals surface area contributed by atoms with E-state index in [0.717, 1.165) is 104 Å². The van der Waals surface area contributed by atoms with E-state index >= 15 is 0 Å². The molecule has 9 heterocycles. The Bertz CT molecular complexity index is 2470. The van der Waals surface area contributed by atoms with Crippen LogP contribution < -0.4 is 32.3 Å². The van der Waals surface area contributed by atoms with Crippen LogP contribution in [0, 0.1) is 97.7 Å². The van der Waals surface area contributed by atoms with Gasteiger partial charge in [0, 0.05) is 214 Å². The molecule has 27 heteroatoms. The van der Waals surface area contributed by atoms with Gasteiger partial charge < -0.3 is 71.2 Å². The summed E-state index contributed by atoms with van der Waals surface area (Å²) >= 11 is 0. The average molecular weight is 1530 g/mol. The molecule has 22 nitrogen and oxygen atoms in total. The molecule has 0 spiro atoms. The fourth-order valence-electron chi connectivity index (χ4n) is 8.01. The van der Waals surface area contributed by atoms with Gasteiger partial charge in [0.15, 0.2) is 11.6 Å². The van der Waals surface area contributed by atoms with Gasteiger partial charge in [-0.15, -0.1) is 68.7 Å². The van der Waals surface area contributed by atoms with Crippen LogP contribution in [0.4, 0.5) is 0 Å². The third kappa shape index (κ3) is 64.0. The van der Waals surface area contributed by atoms with E-state index in [4.69, 9.17) is 29.8 Å². The van der Waals surface area contributed by atoms with Crippen molar-refractivity contribution in [3.8, 4) is 97.7 Å². The number of carbonyl (C=O) groups is 7. The summed E-state index contributed by atoms with van der Waals surface area (Å²) in [5, 5.41) is 16.7. The molecule has 9 saturated heterocycles. The molecular formula is C68H114ClN13O9P2Y2-2. The zero-order valence-electron chi connectivity index (χ0n) is 56.2. The number of likely N-dealkylation sites (tertiary alicyclic amines) is 5. The van der Waals surface area contributed by atoms with E-state index < -0.39 is 0 Å². The first-order valence-corrected chi connectivity index (χ1v) is 30.0. The van der Waals surface area contributed by atoms with E-state index in [2.05, 4.69) is 133 Å². The second-order valence-corrected chi connectivity index (χ2v) is 22.1. The zero-order valence-corrected chi connectivity index (χ0v) is 65.0. The van der Waals surface area contributed by atoms with Crippen LogP contribution in [0.15, 0.2) is 0 Å². The summed E-state index contributed by atoms with van der Waals surface area (Å²) in [6, 6.07) is 3.52. The van der Waals surface area contributed by atoms with Gasteiger partial charge in [-0.25, -0.2) is 0 Å². The van der Waals surface area contributed by atoms with Crippen molar-refractivity contribution >= 4 is 84.9 Å². The van der Waals surface area contributed by atoms with Crippen molar-refractivity contribution in [3.63, 3.8) is 0 Å². The first kappa shape index (κ1) is 112. The monoisotopic (exact) mass is 1530 g/mol. The maximum atomic E-state index is 10.9. The van der Waals surface area contributed by atoms with Crippen molar-refractivity contribution in [2.75, 3.05) is 118 Å². The number of amides is 5. The van der Waals surface area contributed by atoms with Crippen molar-refractivity contribution in [2.45, 2.75) is 166 Å². The van der Waals surface area contributed by atoms with Gasteiger partial charge in [-0.3, -0.25) is 44.4 Å². The van der Waals surface area contributed by atoms with Crippen LogP contribution in [0.5, 0.6) is 0 Å². The largest absolute Gasteiger partial charge is 0.542 e. The molecule has 2 radical (unpaired) electrons. The summed E-state index contributed by atoms with van der Waals surface area (Å²) in [6.45, 7) is 32.9. The van der Waals surface area contributed by atoms with Crippen molar-refractivity contribution in [1.29, 1.82) is 0 Å². The predicted molar refractivity (Wildman–Crippen MR) is 390 cm³/mol. The Hall–Kier alpha value is -4.45. The number of nitrogens with one attached hydrogen (secondary N) is 5. The molecule has 6 atom stereocenters. The number of Topliss-reactive ketones (excluding diaryl/α,β-unsaturated/α-hetero) is 3. The minimum atomic E-state index is -0.00963. The van der Waals surface area contributed by atoms with Gasteiger partial charge in [0.2, 0.25) is 23.6 Å². The second kappa shape index (κ2) is 73.8. The van der Waals surface area contributed by atoms with Gasteiger partial charge in [-0.05, 0) is 116 Å². The van der Waals surface area contributed by atoms with Crippen LogP contribution in [0.2, 0.25) is 0 Å². The molecular weight excluding hydrogens is 1420 g/mol. The van der Waals surface area contributed by atoms with E-state index in [1.54, 1.807) is 39.5 Å². The molecule has 6 unspecified atom stereocenters. The van der Waals surface area contributed by atoms with Gasteiger partial charge in [0.25, 0.3) is 0 Å². The number of carbonyl (C=O) groups excluding carboxylic acids is 9. The number of ketones is 3. The molecule has 95 heavy (non-hydrogen) atoms. The van der Waals surface area contributed by atoms with Gasteiger partial charge in [-0.2, -0.15) is 13.3 Å². The maximum Gasteiger partial charge on any atom is 0.220 e. The van der Waals surface area contributed by atoms with Crippen molar-refractivity contribution < 1.29 is 109 Å². The molecule has 5 amide bonds. The first-order chi connectivity index (χ1) is 42.3. The molecule has 9 rings (SSSR count). The average Bonchev–Trinajstić information content (AvgIpc) is 1.76. The fraction of sp³-hybridized carbons (Fsp3) is 0.632. The van der Waals surface area contributed by atoms with E-state index in [1.165, 1.54) is 51.7 Å². The van der Waals surface area contributed by atoms with Crippen LogP contribution in [-0.2, 0) is 109 Å². The van der Waals surface area contributed by atoms with Crippen molar-refractivity contribution in [2.24, 2.45) is 5.73 Å². The normalized spacial score (nSPS) is 18.7. The van der Waals surface area contributed by atoms with Crippen LogP contribution in [-0.4, -0.2) is 248 Å². The summed E-state index contributed by atoms with van der Waals surface area (Å²) < 4.78 is 4.43. The topological polar surface area (TPSA) is 262 Å². The smallest absolute Gasteiger partial charge is 0.220 e. The van der Waals surface area contributed by atoms with Gasteiger partial charge in [0.1, 0.15) is 5.78 Å². The molecule has 9 aliphatic heterocycles. The van der Waals surface area contributed by atoms with Crippen LogP contribution >= 0.6 is 31.2 Å². The SMILES string of the molecule is C.C.C.C#C.C#CC.C#CC#CC.C#CC#CC#C.CC#CC.CC(=O)N1CC(=O)C1.CC(=O)N1CC(NC2CCN(P)C2)C1.CC(=O)N1CC(NC2CCN([C-]=O)C2)C1.CC(=O)N1CC(NC2CCNC2)C1.CC(C)=O.C[C-]=O.Cl.NC1CCN(P)C1.O=C1CNC1.[Y].[Y]. The molecule has 0 aromatic carbocycles. The molecule has 530 valence electrons. The Morgan fingerprint density at radius 3 is 1.05 bits per heavy atom. The molecule has 0 aromatic heterocycles. The third-order valence-electron chi connectivity index (χ3n) is 12.7. The molecule has 9 fully saturated rings. The molecule has 7 N–H and O–H groups in total. The maximum absolute atomic E-state index is 10.9. The second-order valence-electron chi connectivity index (χ2n) is 20.6. The quantitative estimate of drug-likeness (QED) is 0.121. The first-order valence-electron chi connectivity index (χ1n) is 29.0. The summed E-state index contributed by atoms with van der Waals surface area (Å²) in [6.07, 6.45) is 34.7. The van der Waals surface area contributed by atoms with E-state index in [0.29, 0.717) is 74.3 Å². The number of hydrogen-bond acceptors (Lipinski definition) is 17. The Labute approximate surface area is 636 Å². The number of nitrogens with zero attached hydrogens (tertiary/aromatic N) is 7. The number of hydrogen-bond donors (Lipinski definition) is 6. The van der Waals surface area contributed by atoms with Crippen LogP contribution in [0.3, 0.4) is 0 Å². The number of halogens is 1. The Morgan fingerprint density at radius 1 is 0.526 bits per heavy atom. The Morgan fingerprint density at radius 2 is 0.863 bits per heavy atom. The van der Waals surface area contributed by atoms with Gasteiger partial charge in [0.05, 0.1) is 26.2 Å². The summed E-state index contributed by atoms with van der Waals surface area (Å²) in [7, 11) is 5.39. The van der Waals surface area contributed by atoms with Crippen molar-refractivity contribution in [3.05, 3.63) is 0 Å². The van der Waals surface area contributed by atoms with Crippen LogP contribution in [0.1, 0.15) is 124 Å². The molecule has 0 aromatic rings. The third-order valence-corrected chi connectivity index (χ3v) is 13.7. The Kier molecular flexibility index (Phi) is 86.9. The summed E-state index contributed by atoms with van der Waals surface area (Å²) in [4.78, 5) is 100. The summed E-state index contributed by atoms with van der Waals surface area (Å²) in [5.41, 5.74) is 5.57. The molecule has 0 aliphatic carbocycles. The van der Waals surface area contributed by atoms with Gasteiger partial charge in [-0.1, -0.05) is 47.0 Å². The van der Waals surface area contributed by atoms with Crippen molar-refractivity contribution in [1.82, 2.24) is 60.4 Å². The minimum absolute atomic E-state index is 0. The number of rotatable bonds is 7. The fourth-order valence-corrected chi connectivity index (χ4v) is 8.84.